The minimum absolute atomic E-state index is 0.0554. The molecule has 1 amide bonds. The first-order valence-corrected chi connectivity index (χ1v) is 16.4. The summed E-state index contributed by atoms with van der Waals surface area (Å²) in [6.07, 6.45) is 5.57. The Morgan fingerprint density at radius 1 is 1.19 bits per heavy atom. The molecular weight excluding hydrogens is 564 g/mol. The van der Waals surface area contributed by atoms with Crippen LogP contribution in [0.15, 0.2) is 48.8 Å². The van der Waals surface area contributed by atoms with E-state index in [4.69, 9.17) is 4.74 Å². The monoisotopic (exact) mass is 604 g/mol. The fraction of sp³-hybridized carbons (Fsp3) is 0.438. The number of ether oxygens (including phenoxy) is 1. The van der Waals surface area contributed by atoms with E-state index in [1.54, 1.807) is 24.7 Å². The van der Waals surface area contributed by atoms with Crippen molar-refractivity contribution in [3.05, 3.63) is 82.2 Å². The second kappa shape index (κ2) is 11.7. The highest BCUT2D eigenvalue weighted by Crippen LogP contribution is 2.44. The molecule has 3 heterocycles. The van der Waals surface area contributed by atoms with Crippen molar-refractivity contribution in [1.82, 2.24) is 29.6 Å². The Bertz CT molecular complexity index is 1780. The van der Waals surface area contributed by atoms with E-state index in [-0.39, 0.29) is 6.10 Å². The van der Waals surface area contributed by atoms with E-state index in [9.17, 15) is 13.2 Å². The molecule has 0 radical (unpaired) electrons. The molecule has 5 rings (SSSR count). The standard InChI is InChI=1S/C32H40N6O4S/c1-8-25-19-38(18-24-16-33-14-13-28(24)42-25)17-23-15-22(10-9-20(23)2)29(32(4,5)31(39)35-43(7,40)41)26-11-12-27-30(21(26)3)34-36-37(27)6/h9-16,25,29H,8,17-19H2,1-7H3,(H,35,39)/t25-,29?/m1/s1. The largest absolute Gasteiger partial charge is 0.489 e. The minimum Gasteiger partial charge on any atom is -0.489 e. The first-order valence-electron chi connectivity index (χ1n) is 14.5. The van der Waals surface area contributed by atoms with Gasteiger partial charge in [0.15, 0.2) is 0 Å². The number of amides is 1. The van der Waals surface area contributed by atoms with Gasteiger partial charge in [-0.15, -0.1) is 5.10 Å². The maximum Gasteiger partial charge on any atom is 0.240 e. The normalized spacial score (nSPS) is 16.8. The van der Waals surface area contributed by atoms with Crippen LogP contribution in [0.1, 0.15) is 66.5 Å². The SMILES string of the molecule is CC[C@@H]1CN(Cc2cc(C(c3ccc4c(nnn4C)c3C)C(C)(C)C(=O)NS(C)(=O)=O)ccc2C)Cc2cnccc2O1. The van der Waals surface area contributed by atoms with E-state index in [1.165, 1.54) is 0 Å². The molecule has 0 fully saturated rings. The summed E-state index contributed by atoms with van der Waals surface area (Å²) in [5.41, 5.74) is 6.52. The van der Waals surface area contributed by atoms with E-state index in [1.807, 2.05) is 44.4 Å². The molecule has 2 aromatic carbocycles. The predicted octanol–water partition coefficient (Wildman–Crippen LogP) is 4.39. The molecule has 0 aliphatic carbocycles. The van der Waals surface area contributed by atoms with Gasteiger partial charge in [0.05, 0.1) is 17.2 Å². The highest BCUT2D eigenvalue weighted by Gasteiger charge is 2.41. The molecule has 0 saturated carbocycles. The van der Waals surface area contributed by atoms with Crippen LogP contribution in [-0.2, 0) is 35.0 Å². The summed E-state index contributed by atoms with van der Waals surface area (Å²) in [5, 5.41) is 8.58. The molecule has 2 atom stereocenters. The van der Waals surface area contributed by atoms with Crippen LogP contribution in [0.25, 0.3) is 11.0 Å². The molecule has 43 heavy (non-hydrogen) atoms. The van der Waals surface area contributed by atoms with E-state index in [2.05, 4.69) is 50.9 Å². The lowest BCUT2D eigenvalue weighted by molar-refractivity contribution is -0.128. The first-order chi connectivity index (χ1) is 20.3. The van der Waals surface area contributed by atoms with Crippen molar-refractivity contribution >= 4 is 27.0 Å². The number of rotatable bonds is 8. The number of aryl methyl sites for hydroxylation is 3. The highest BCUT2D eigenvalue weighted by atomic mass is 32.2. The van der Waals surface area contributed by atoms with Crippen molar-refractivity contribution in [2.75, 3.05) is 12.8 Å². The number of aromatic nitrogens is 4. The molecular formula is C32H40N6O4S. The average molecular weight is 605 g/mol. The molecule has 1 aliphatic heterocycles. The lowest BCUT2D eigenvalue weighted by Crippen LogP contribution is -2.43. The lowest BCUT2D eigenvalue weighted by atomic mass is 9.69. The van der Waals surface area contributed by atoms with Gasteiger partial charge in [-0.05, 0) is 60.2 Å². The third kappa shape index (κ3) is 6.28. The molecule has 1 N–H and O–H groups in total. The Balaban J connectivity index is 1.59. The Kier molecular flexibility index (Phi) is 8.32. The van der Waals surface area contributed by atoms with Gasteiger partial charge in [-0.3, -0.25) is 19.4 Å². The molecule has 1 unspecified atom stereocenters. The topological polar surface area (TPSA) is 119 Å². The summed E-state index contributed by atoms with van der Waals surface area (Å²) in [5.74, 6) is -0.162. The number of pyridine rings is 1. The van der Waals surface area contributed by atoms with Crippen molar-refractivity contribution in [2.24, 2.45) is 12.5 Å². The zero-order valence-corrected chi connectivity index (χ0v) is 26.7. The molecule has 0 bridgehead atoms. The van der Waals surface area contributed by atoms with Crippen molar-refractivity contribution in [1.29, 1.82) is 0 Å². The zero-order valence-electron chi connectivity index (χ0n) is 25.9. The predicted molar refractivity (Wildman–Crippen MR) is 166 cm³/mol. The van der Waals surface area contributed by atoms with Crippen molar-refractivity contribution in [3.8, 4) is 5.75 Å². The quantitative estimate of drug-likeness (QED) is 0.315. The summed E-state index contributed by atoms with van der Waals surface area (Å²) < 4.78 is 34.5. The maximum atomic E-state index is 13.6. The summed E-state index contributed by atoms with van der Waals surface area (Å²) in [6.45, 7) is 11.9. The van der Waals surface area contributed by atoms with Crippen LogP contribution in [0.2, 0.25) is 0 Å². The molecule has 0 saturated heterocycles. The Morgan fingerprint density at radius 2 is 1.95 bits per heavy atom. The van der Waals surface area contributed by atoms with Gasteiger partial charge in [-0.2, -0.15) is 0 Å². The van der Waals surface area contributed by atoms with Crippen molar-refractivity contribution in [3.63, 3.8) is 0 Å². The smallest absolute Gasteiger partial charge is 0.240 e. The Morgan fingerprint density at radius 3 is 2.67 bits per heavy atom. The summed E-state index contributed by atoms with van der Waals surface area (Å²) >= 11 is 0. The maximum absolute atomic E-state index is 13.6. The summed E-state index contributed by atoms with van der Waals surface area (Å²) in [7, 11) is -1.92. The third-order valence-electron chi connectivity index (χ3n) is 8.54. The van der Waals surface area contributed by atoms with Crippen LogP contribution >= 0.6 is 0 Å². The van der Waals surface area contributed by atoms with E-state index >= 15 is 0 Å². The number of benzene rings is 2. The van der Waals surface area contributed by atoms with Crippen LogP contribution in [0.3, 0.4) is 0 Å². The third-order valence-corrected chi connectivity index (χ3v) is 9.10. The Hall–Kier alpha value is -3.83. The van der Waals surface area contributed by atoms with Gasteiger partial charge in [0, 0.05) is 50.6 Å². The Labute approximate surface area is 253 Å². The molecule has 0 spiro atoms. The van der Waals surface area contributed by atoms with Gasteiger partial charge in [0.2, 0.25) is 15.9 Å². The van der Waals surface area contributed by atoms with Crippen LogP contribution in [0.4, 0.5) is 0 Å². The van der Waals surface area contributed by atoms with Gasteiger partial charge < -0.3 is 4.74 Å². The van der Waals surface area contributed by atoms with Crippen LogP contribution in [-0.4, -0.2) is 58.1 Å². The number of nitrogens with zero attached hydrogens (tertiary/aromatic N) is 5. The molecule has 2 aromatic heterocycles. The lowest BCUT2D eigenvalue weighted by Gasteiger charge is -2.35. The molecule has 11 heteroatoms. The van der Waals surface area contributed by atoms with Crippen LogP contribution in [0, 0.1) is 19.3 Å². The van der Waals surface area contributed by atoms with Gasteiger partial charge in [0.1, 0.15) is 17.4 Å². The first kappa shape index (κ1) is 30.6. The van der Waals surface area contributed by atoms with E-state index < -0.39 is 27.3 Å². The van der Waals surface area contributed by atoms with Crippen LogP contribution < -0.4 is 9.46 Å². The summed E-state index contributed by atoms with van der Waals surface area (Å²) in [6, 6.07) is 12.2. The summed E-state index contributed by atoms with van der Waals surface area (Å²) in [4.78, 5) is 20.3. The molecule has 4 aromatic rings. The van der Waals surface area contributed by atoms with Crippen molar-refractivity contribution in [2.45, 2.75) is 66.2 Å². The fourth-order valence-corrected chi connectivity index (χ4v) is 6.65. The average Bonchev–Trinajstić information content (AvgIpc) is 3.22. The van der Waals surface area contributed by atoms with Gasteiger partial charge >= 0.3 is 0 Å². The molecule has 228 valence electrons. The number of sulfonamides is 1. The minimum atomic E-state index is -3.76. The number of hydrogen-bond acceptors (Lipinski definition) is 8. The second-order valence-corrected chi connectivity index (χ2v) is 14.0. The number of carbonyl (C=O) groups excluding carboxylic acids is 1. The molecule has 10 nitrogen and oxygen atoms in total. The van der Waals surface area contributed by atoms with Gasteiger partial charge in [-0.1, -0.05) is 50.3 Å². The van der Waals surface area contributed by atoms with E-state index in [0.29, 0.717) is 13.1 Å². The van der Waals surface area contributed by atoms with Gasteiger partial charge in [-0.25, -0.2) is 13.1 Å². The van der Waals surface area contributed by atoms with E-state index in [0.717, 1.165) is 69.4 Å². The van der Waals surface area contributed by atoms with Crippen molar-refractivity contribution < 1.29 is 17.9 Å². The number of hydrogen-bond donors (Lipinski definition) is 1. The van der Waals surface area contributed by atoms with Crippen LogP contribution in [0.5, 0.6) is 5.75 Å². The number of nitrogens with one attached hydrogen (secondary N) is 1. The highest BCUT2D eigenvalue weighted by molar-refractivity contribution is 7.89. The number of carbonyl (C=O) groups is 1. The second-order valence-electron chi connectivity index (χ2n) is 12.2. The fourth-order valence-electron chi connectivity index (χ4n) is 6.05. The van der Waals surface area contributed by atoms with Gasteiger partial charge in [0.25, 0.3) is 0 Å². The molecule has 1 aliphatic rings. The number of fused-ring (bicyclic) bond motifs is 2. The zero-order chi connectivity index (χ0) is 31.1.